The predicted octanol–water partition coefficient (Wildman–Crippen LogP) is 1.35. The quantitative estimate of drug-likeness (QED) is 0.664. The number of nitrogens with one attached hydrogen (secondary N) is 1. The van der Waals surface area contributed by atoms with Crippen LogP contribution < -0.4 is 11.1 Å². The molecule has 0 unspecified atom stereocenters. The Kier molecular flexibility index (Phi) is 2.55. The van der Waals surface area contributed by atoms with E-state index in [9.17, 15) is 9.18 Å². The number of anilines is 1. The Morgan fingerprint density at radius 3 is 2.69 bits per heavy atom. The van der Waals surface area contributed by atoms with Gasteiger partial charge in [0, 0.05) is 11.8 Å². The molecule has 1 aromatic carbocycles. The number of rotatable bonds is 2. The van der Waals surface area contributed by atoms with Crippen molar-refractivity contribution in [3.8, 4) is 5.75 Å². The third-order valence-electron chi connectivity index (χ3n) is 2.90. The Bertz CT molecular complexity index is 430. The van der Waals surface area contributed by atoms with Gasteiger partial charge in [0.1, 0.15) is 0 Å². The number of aromatic hydroxyl groups is 1. The normalized spacial score (nSPS) is 17.6. The highest BCUT2D eigenvalue weighted by atomic mass is 19.1. The van der Waals surface area contributed by atoms with Crippen LogP contribution in [0.1, 0.15) is 19.3 Å². The summed E-state index contributed by atoms with van der Waals surface area (Å²) in [5, 5.41) is 11.5. The number of carbonyl (C=O) groups excluding carboxylic acids is 1. The first-order chi connectivity index (χ1) is 7.51. The monoisotopic (exact) mass is 224 g/mol. The van der Waals surface area contributed by atoms with Crippen molar-refractivity contribution in [2.45, 2.75) is 24.8 Å². The van der Waals surface area contributed by atoms with Crippen LogP contribution in [0.25, 0.3) is 0 Å². The van der Waals surface area contributed by atoms with Crippen molar-refractivity contribution in [2.24, 2.45) is 5.73 Å². The second-order valence-electron chi connectivity index (χ2n) is 4.13. The van der Waals surface area contributed by atoms with Gasteiger partial charge in [-0.2, -0.15) is 0 Å². The fourth-order valence-electron chi connectivity index (χ4n) is 1.62. The molecular formula is C11H13FN2O2. The van der Waals surface area contributed by atoms with E-state index in [2.05, 4.69) is 5.32 Å². The summed E-state index contributed by atoms with van der Waals surface area (Å²) in [6.45, 7) is 0. The number of benzene rings is 1. The maximum Gasteiger partial charge on any atom is 0.244 e. The zero-order valence-corrected chi connectivity index (χ0v) is 8.66. The Balaban J connectivity index is 2.09. The van der Waals surface area contributed by atoms with Crippen LogP contribution in [0.15, 0.2) is 18.2 Å². The van der Waals surface area contributed by atoms with Gasteiger partial charge in [0.25, 0.3) is 0 Å². The van der Waals surface area contributed by atoms with Crippen LogP contribution in [0.2, 0.25) is 0 Å². The number of hydrogen-bond acceptors (Lipinski definition) is 3. The van der Waals surface area contributed by atoms with Gasteiger partial charge in [0.2, 0.25) is 5.91 Å². The minimum absolute atomic E-state index is 0.302. The third kappa shape index (κ3) is 1.86. The van der Waals surface area contributed by atoms with Crippen LogP contribution in [-0.4, -0.2) is 16.6 Å². The Morgan fingerprint density at radius 2 is 2.19 bits per heavy atom. The zero-order chi connectivity index (χ0) is 11.8. The highest BCUT2D eigenvalue weighted by Gasteiger charge is 2.40. The van der Waals surface area contributed by atoms with Gasteiger partial charge < -0.3 is 16.2 Å². The van der Waals surface area contributed by atoms with E-state index in [1.165, 1.54) is 12.1 Å². The largest absolute Gasteiger partial charge is 0.505 e. The predicted molar refractivity (Wildman–Crippen MR) is 57.5 cm³/mol. The maximum atomic E-state index is 13.0. The van der Waals surface area contributed by atoms with E-state index >= 15 is 0 Å². The summed E-state index contributed by atoms with van der Waals surface area (Å²) in [7, 11) is 0. The number of carbonyl (C=O) groups is 1. The lowest BCUT2D eigenvalue weighted by atomic mass is 9.77. The second kappa shape index (κ2) is 3.75. The first-order valence-corrected chi connectivity index (χ1v) is 5.10. The molecule has 0 saturated heterocycles. The SMILES string of the molecule is NC1(C(=O)Nc2ccc(O)c(F)c2)CCC1. The van der Waals surface area contributed by atoms with Crippen molar-refractivity contribution in [1.29, 1.82) is 0 Å². The molecule has 1 aliphatic carbocycles. The molecule has 4 nitrogen and oxygen atoms in total. The summed E-state index contributed by atoms with van der Waals surface area (Å²) in [6, 6.07) is 3.68. The van der Waals surface area contributed by atoms with Crippen LogP contribution in [-0.2, 0) is 4.79 Å². The van der Waals surface area contributed by atoms with Crippen molar-refractivity contribution < 1.29 is 14.3 Å². The molecule has 0 atom stereocenters. The summed E-state index contributed by atoms with van der Waals surface area (Å²) in [6.07, 6.45) is 2.24. The van der Waals surface area contributed by atoms with E-state index in [4.69, 9.17) is 10.8 Å². The molecule has 1 saturated carbocycles. The smallest absolute Gasteiger partial charge is 0.244 e. The van der Waals surface area contributed by atoms with Crippen LogP contribution in [0, 0.1) is 5.82 Å². The molecule has 0 aliphatic heterocycles. The molecule has 0 bridgehead atoms. The van der Waals surface area contributed by atoms with Gasteiger partial charge in [0.15, 0.2) is 11.6 Å². The number of halogens is 1. The standard InChI is InChI=1S/C11H13FN2O2/c12-8-6-7(2-3-9(8)15)14-10(16)11(13)4-1-5-11/h2-3,6,15H,1,4-5,13H2,(H,14,16). The molecule has 1 amide bonds. The average molecular weight is 224 g/mol. The third-order valence-corrected chi connectivity index (χ3v) is 2.90. The van der Waals surface area contributed by atoms with Crippen molar-refractivity contribution in [3.05, 3.63) is 24.0 Å². The van der Waals surface area contributed by atoms with Gasteiger partial charge in [0.05, 0.1) is 5.54 Å². The van der Waals surface area contributed by atoms with E-state index in [1.54, 1.807) is 0 Å². The lowest BCUT2D eigenvalue weighted by Gasteiger charge is -2.36. The fraction of sp³-hybridized carbons (Fsp3) is 0.364. The molecule has 1 aromatic rings. The zero-order valence-electron chi connectivity index (χ0n) is 8.66. The van der Waals surface area contributed by atoms with Gasteiger partial charge in [-0.05, 0) is 31.4 Å². The number of nitrogens with two attached hydrogens (primary N) is 1. The molecule has 4 N–H and O–H groups in total. The second-order valence-corrected chi connectivity index (χ2v) is 4.13. The summed E-state index contributed by atoms with van der Waals surface area (Å²) in [5.41, 5.74) is 5.30. The van der Waals surface area contributed by atoms with Gasteiger partial charge in [-0.25, -0.2) is 4.39 Å². The van der Waals surface area contributed by atoms with Crippen LogP contribution in [0.5, 0.6) is 5.75 Å². The van der Waals surface area contributed by atoms with Crippen molar-refractivity contribution >= 4 is 11.6 Å². The Labute approximate surface area is 92.3 Å². The molecule has 0 radical (unpaired) electrons. The topological polar surface area (TPSA) is 75.4 Å². The van der Waals surface area contributed by atoms with Gasteiger partial charge >= 0.3 is 0 Å². The van der Waals surface area contributed by atoms with E-state index in [0.717, 1.165) is 12.5 Å². The first-order valence-electron chi connectivity index (χ1n) is 5.10. The summed E-state index contributed by atoms with van der Waals surface area (Å²) >= 11 is 0. The molecule has 2 rings (SSSR count). The number of phenols is 1. The van der Waals surface area contributed by atoms with Crippen molar-refractivity contribution in [3.63, 3.8) is 0 Å². The number of hydrogen-bond donors (Lipinski definition) is 3. The highest BCUT2D eigenvalue weighted by molar-refractivity contribution is 5.98. The molecule has 16 heavy (non-hydrogen) atoms. The summed E-state index contributed by atoms with van der Waals surface area (Å²) in [4.78, 5) is 11.7. The fourth-order valence-corrected chi connectivity index (χ4v) is 1.62. The molecule has 1 aliphatic rings. The van der Waals surface area contributed by atoms with Crippen LogP contribution in [0.4, 0.5) is 10.1 Å². The minimum Gasteiger partial charge on any atom is -0.505 e. The highest BCUT2D eigenvalue weighted by Crippen LogP contribution is 2.30. The Hall–Kier alpha value is -1.62. The molecule has 5 heteroatoms. The Morgan fingerprint density at radius 1 is 1.50 bits per heavy atom. The van der Waals surface area contributed by atoms with Gasteiger partial charge in [-0.15, -0.1) is 0 Å². The molecule has 0 heterocycles. The van der Waals surface area contributed by atoms with E-state index < -0.39 is 17.1 Å². The summed E-state index contributed by atoms with van der Waals surface area (Å²) in [5.74, 6) is -1.51. The molecular weight excluding hydrogens is 211 g/mol. The van der Waals surface area contributed by atoms with Crippen molar-refractivity contribution in [1.82, 2.24) is 0 Å². The van der Waals surface area contributed by atoms with E-state index in [0.29, 0.717) is 18.5 Å². The lowest BCUT2D eigenvalue weighted by Crippen LogP contribution is -2.56. The average Bonchev–Trinajstić information content (AvgIpc) is 2.20. The lowest BCUT2D eigenvalue weighted by molar-refractivity contribution is -0.123. The van der Waals surface area contributed by atoms with E-state index in [-0.39, 0.29) is 5.91 Å². The van der Waals surface area contributed by atoms with Gasteiger partial charge in [-0.3, -0.25) is 4.79 Å². The van der Waals surface area contributed by atoms with Crippen LogP contribution in [0.3, 0.4) is 0 Å². The molecule has 86 valence electrons. The molecule has 1 fully saturated rings. The molecule has 0 spiro atoms. The summed E-state index contributed by atoms with van der Waals surface area (Å²) < 4.78 is 13.0. The molecule has 0 aromatic heterocycles. The first kappa shape index (κ1) is 10.9. The maximum absolute atomic E-state index is 13.0. The van der Waals surface area contributed by atoms with Gasteiger partial charge in [-0.1, -0.05) is 0 Å². The van der Waals surface area contributed by atoms with Crippen molar-refractivity contribution in [2.75, 3.05) is 5.32 Å². The minimum atomic E-state index is -0.811. The van der Waals surface area contributed by atoms with E-state index in [1.807, 2.05) is 0 Å². The van der Waals surface area contributed by atoms with Crippen LogP contribution >= 0.6 is 0 Å². The number of phenolic OH excluding ortho intramolecular Hbond substituents is 1. The number of amides is 1.